The first-order chi connectivity index (χ1) is 11.7. The smallest absolute Gasteiger partial charge is 0.234 e. The Labute approximate surface area is 156 Å². The van der Waals surface area contributed by atoms with Gasteiger partial charge in [-0.25, -0.2) is 0 Å². The molecule has 0 aliphatic carbocycles. The zero-order valence-electron chi connectivity index (χ0n) is 12.7. The number of benzene rings is 1. The summed E-state index contributed by atoms with van der Waals surface area (Å²) in [5, 5.41) is 11.3. The number of carbonyl (C=O) groups is 1. The SMILES string of the molecule is CCSc1nnc(SCC(=O)Nc2cc3c(cc2Cl)OCCO3)s1. The largest absolute Gasteiger partial charge is 0.486 e. The highest BCUT2D eigenvalue weighted by molar-refractivity contribution is 8.03. The Morgan fingerprint density at radius 3 is 2.62 bits per heavy atom. The van der Waals surface area contributed by atoms with Gasteiger partial charge in [-0.05, 0) is 5.75 Å². The normalized spacial score (nSPS) is 12.9. The average Bonchev–Trinajstić information content (AvgIpc) is 3.02. The first kappa shape index (κ1) is 17.7. The van der Waals surface area contributed by atoms with Crippen molar-refractivity contribution in [1.82, 2.24) is 10.2 Å². The molecule has 0 saturated carbocycles. The topological polar surface area (TPSA) is 73.3 Å². The second-order valence-electron chi connectivity index (χ2n) is 4.58. The summed E-state index contributed by atoms with van der Waals surface area (Å²) in [4.78, 5) is 12.1. The van der Waals surface area contributed by atoms with E-state index in [0.717, 1.165) is 14.4 Å². The maximum atomic E-state index is 12.1. The predicted molar refractivity (Wildman–Crippen MR) is 98.1 cm³/mol. The standard InChI is InChI=1S/C14H14ClN3O3S3/c1-2-22-13-17-18-14(24-13)23-7-12(19)16-9-6-11-10(5-8(9)15)20-3-4-21-11/h5-6H,2-4,7H2,1H3,(H,16,19). The Kier molecular flexibility index (Phi) is 6.09. The molecule has 2 aromatic rings. The second-order valence-corrected chi connectivity index (χ2v) is 8.70. The summed E-state index contributed by atoms with van der Waals surface area (Å²) in [6.07, 6.45) is 0. The van der Waals surface area contributed by atoms with Crippen LogP contribution in [0.5, 0.6) is 11.5 Å². The van der Waals surface area contributed by atoms with Crippen molar-refractivity contribution in [3.05, 3.63) is 17.2 Å². The van der Waals surface area contributed by atoms with Gasteiger partial charge in [0.05, 0.1) is 16.5 Å². The maximum absolute atomic E-state index is 12.1. The molecule has 1 amide bonds. The van der Waals surface area contributed by atoms with E-state index < -0.39 is 0 Å². The van der Waals surface area contributed by atoms with Crippen LogP contribution in [0.25, 0.3) is 0 Å². The van der Waals surface area contributed by atoms with Crippen LogP contribution in [0.15, 0.2) is 20.8 Å². The molecule has 1 aromatic carbocycles. The van der Waals surface area contributed by atoms with Crippen LogP contribution in [0.3, 0.4) is 0 Å². The van der Waals surface area contributed by atoms with E-state index in [-0.39, 0.29) is 11.7 Å². The third kappa shape index (κ3) is 4.47. The van der Waals surface area contributed by atoms with Crippen molar-refractivity contribution in [3.8, 4) is 11.5 Å². The molecule has 24 heavy (non-hydrogen) atoms. The Morgan fingerprint density at radius 1 is 1.25 bits per heavy atom. The summed E-state index contributed by atoms with van der Waals surface area (Å²) in [6, 6.07) is 3.33. The summed E-state index contributed by atoms with van der Waals surface area (Å²) in [5.74, 6) is 2.18. The number of nitrogens with one attached hydrogen (secondary N) is 1. The Hall–Kier alpha value is -1.16. The molecule has 1 aromatic heterocycles. The fourth-order valence-electron chi connectivity index (χ4n) is 1.91. The van der Waals surface area contributed by atoms with Crippen molar-refractivity contribution in [2.75, 3.05) is 30.0 Å². The molecule has 0 unspecified atom stereocenters. The number of carbonyl (C=O) groups excluding carboxylic acids is 1. The summed E-state index contributed by atoms with van der Waals surface area (Å²) in [5.41, 5.74) is 0.506. The van der Waals surface area contributed by atoms with E-state index in [1.807, 2.05) is 0 Å². The third-order valence-electron chi connectivity index (χ3n) is 2.89. The molecule has 1 aliphatic heterocycles. The van der Waals surface area contributed by atoms with Gasteiger partial charge in [0.15, 0.2) is 20.2 Å². The van der Waals surface area contributed by atoms with E-state index in [9.17, 15) is 4.79 Å². The van der Waals surface area contributed by atoms with E-state index in [2.05, 4.69) is 22.4 Å². The molecule has 6 nitrogen and oxygen atoms in total. The van der Waals surface area contributed by atoms with Gasteiger partial charge >= 0.3 is 0 Å². The van der Waals surface area contributed by atoms with Crippen LogP contribution in [-0.4, -0.2) is 40.8 Å². The van der Waals surface area contributed by atoms with E-state index in [1.54, 1.807) is 23.9 Å². The fourth-order valence-corrected chi connectivity index (χ4v) is 4.83. The molecule has 0 radical (unpaired) electrons. The highest BCUT2D eigenvalue weighted by Gasteiger charge is 2.17. The number of hydrogen-bond donors (Lipinski definition) is 1. The molecule has 3 rings (SSSR count). The molecule has 1 aliphatic rings. The number of amides is 1. The van der Waals surface area contributed by atoms with Crippen molar-refractivity contribution in [2.24, 2.45) is 0 Å². The van der Waals surface area contributed by atoms with Gasteiger partial charge < -0.3 is 14.8 Å². The second kappa shape index (κ2) is 8.28. The molecule has 0 bridgehead atoms. The van der Waals surface area contributed by atoms with Crippen molar-refractivity contribution >= 4 is 58.1 Å². The minimum absolute atomic E-state index is 0.168. The van der Waals surface area contributed by atoms with Crippen LogP contribution < -0.4 is 14.8 Å². The molecule has 10 heteroatoms. The first-order valence-corrected chi connectivity index (χ1v) is 10.3. The highest BCUT2D eigenvalue weighted by atomic mass is 35.5. The molecule has 1 N–H and O–H groups in total. The number of rotatable bonds is 6. The number of hydrogen-bond acceptors (Lipinski definition) is 8. The Morgan fingerprint density at radius 2 is 1.92 bits per heavy atom. The van der Waals surface area contributed by atoms with Crippen LogP contribution >= 0.6 is 46.5 Å². The Balaban J connectivity index is 1.58. The van der Waals surface area contributed by atoms with E-state index in [0.29, 0.717) is 35.4 Å². The van der Waals surface area contributed by atoms with Crippen LogP contribution in [0.1, 0.15) is 6.92 Å². The number of nitrogens with zero attached hydrogens (tertiary/aromatic N) is 2. The third-order valence-corrected chi connectivity index (χ3v) is 6.27. The maximum Gasteiger partial charge on any atom is 0.234 e. The lowest BCUT2D eigenvalue weighted by Gasteiger charge is -2.19. The van der Waals surface area contributed by atoms with Gasteiger partial charge in [-0.15, -0.1) is 10.2 Å². The summed E-state index contributed by atoms with van der Waals surface area (Å²) in [6.45, 7) is 3.03. The van der Waals surface area contributed by atoms with Crippen LogP contribution in [0, 0.1) is 0 Å². The monoisotopic (exact) mass is 403 g/mol. The van der Waals surface area contributed by atoms with E-state index in [1.165, 1.54) is 23.1 Å². The molecule has 0 fully saturated rings. The van der Waals surface area contributed by atoms with Gasteiger partial charge in [0.1, 0.15) is 13.2 Å². The van der Waals surface area contributed by atoms with E-state index >= 15 is 0 Å². The molecule has 0 spiro atoms. The lowest BCUT2D eigenvalue weighted by Crippen LogP contribution is -2.17. The molecule has 0 atom stereocenters. The van der Waals surface area contributed by atoms with Crippen molar-refractivity contribution in [1.29, 1.82) is 0 Å². The molecule has 2 heterocycles. The van der Waals surface area contributed by atoms with Gasteiger partial charge in [-0.1, -0.05) is 53.4 Å². The average molecular weight is 404 g/mol. The lowest BCUT2D eigenvalue weighted by molar-refractivity contribution is -0.113. The summed E-state index contributed by atoms with van der Waals surface area (Å²) < 4.78 is 12.6. The van der Waals surface area contributed by atoms with Crippen LogP contribution in [0.4, 0.5) is 5.69 Å². The number of ether oxygens (including phenoxy) is 2. The number of fused-ring (bicyclic) bond motifs is 1. The Bertz CT molecular complexity index is 741. The van der Waals surface area contributed by atoms with Gasteiger partial charge in [-0.2, -0.15) is 0 Å². The van der Waals surface area contributed by atoms with Gasteiger partial charge in [0.2, 0.25) is 5.91 Å². The van der Waals surface area contributed by atoms with Crippen molar-refractivity contribution in [3.63, 3.8) is 0 Å². The number of thioether (sulfide) groups is 2. The minimum Gasteiger partial charge on any atom is -0.486 e. The predicted octanol–water partition coefficient (Wildman–Crippen LogP) is 3.81. The van der Waals surface area contributed by atoms with Gasteiger partial charge in [0, 0.05) is 12.1 Å². The zero-order valence-corrected chi connectivity index (χ0v) is 15.9. The van der Waals surface area contributed by atoms with Crippen LogP contribution in [0.2, 0.25) is 5.02 Å². The van der Waals surface area contributed by atoms with Crippen LogP contribution in [-0.2, 0) is 4.79 Å². The molecule has 128 valence electrons. The highest BCUT2D eigenvalue weighted by Crippen LogP contribution is 2.38. The first-order valence-electron chi connectivity index (χ1n) is 7.14. The van der Waals surface area contributed by atoms with Crippen molar-refractivity contribution in [2.45, 2.75) is 15.6 Å². The van der Waals surface area contributed by atoms with Crippen molar-refractivity contribution < 1.29 is 14.3 Å². The fraction of sp³-hybridized carbons (Fsp3) is 0.357. The number of halogens is 1. The number of aromatic nitrogens is 2. The number of anilines is 1. The molecule has 0 saturated heterocycles. The molecular formula is C14H14ClN3O3S3. The zero-order chi connectivity index (χ0) is 16.9. The lowest BCUT2D eigenvalue weighted by atomic mass is 10.2. The van der Waals surface area contributed by atoms with Gasteiger partial charge in [0.25, 0.3) is 0 Å². The minimum atomic E-state index is -0.168. The summed E-state index contributed by atoms with van der Waals surface area (Å²) in [7, 11) is 0. The van der Waals surface area contributed by atoms with E-state index in [4.69, 9.17) is 21.1 Å². The molecular weight excluding hydrogens is 390 g/mol. The quantitative estimate of drug-likeness (QED) is 0.735. The summed E-state index contributed by atoms with van der Waals surface area (Å²) >= 11 is 10.7. The van der Waals surface area contributed by atoms with Gasteiger partial charge in [-0.3, -0.25) is 4.79 Å².